The van der Waals surface area contributed by atoms with Crippen molar-refractivity contribution in [3.8, 4) is 0 Å². The molecule has 1 aromatic rings. The Labute approximate surface area is 75.6 Å². The molecule has 0 spiro atoms. The molecule has 0 saturated carbocycles. The molecule has 1 aromatic carbocycles. The van der Waals surface area contributed by atoms with Gasteiger partial charge in [0.15, 0.2) is 5.84 Å². The number of nitrogens with one attached hydrogen (secondary N) is 1. The number of hydrogen-bond donors (Lipinski definition) is 1. The van der Waals surface area contributed by atoms with Crippen LogP contribution in [-0.2, 0) is 0 Å². The van der Waals surface area contributed by atoms with Crippen molar-refractivity contribution in [1.29, 1.82) is 0 Å². The van der Waals surface area contributed by atoms with Crippen LogP contribution in [0.2, 0.25) is 0 Å². The quantitative estimate of drug-likeness (QED) is 0.636. The lowest BCUT2D eigenvalue weighted by Crippen LogP contribution is -2.31. The highest BCUT2D eigenvalue weighted by atomic mass is 15.5. The summed E-state index contributed by atoms with van der Waals surface area (Å²) >= 11 is 0. The highest BCUT2D eigenvalue weighted by molar-refractivity contribution is 6.38. The zero-order chi connectivity index (χ0) is 8.67. The maximum Gasteiger partial charge on any atom is 0.173 e. The fraction of sp³-hybridized carbons (Fsp3) is 0.111. The van der Waals surface area contributed by atoms with Crippen molar-refractivity contribution in [3.05, 3.63) is 24.3 Å². The number of amidine groups is 1. The van der Waals surface area contributed by atoms with Gasteiger partial charge in [-0.3, -0.25) is 10.4 Å². The second-order valence-corrected chi connectivity index (χ2v) is 2.96. The molecule has 0 aliphatic carbocycles. The zero-order valence-corrected chi connectivity index (χ0v) is 6.94. The third-order valence-electron chi connectivity index (χ3n) is 2.19. The second kappa shape index (κ2) is 2.32. The Morgan fingerprint density at radius 2 is 2.23 bits per heavy atom. The van der Waals surface area contributed by atoms with Crippen molar-refractivity contribution in [2.75, 3.05) is 11.6 Å². The van der Waals surface area contributed by atoms with Crippen LogP contribution < -0.4 is 10.3 Å². The molecule has 0 amide bonds. The average Bonchev–Trinajstić information content (AvgIpc) is 2.65. The number of aliphatic imine (C=N–C) groups is 1. The van der Waals surface area contributed by atoms with Gasteiger partial charge >= 0.3 is 0 Å². The first-order chi connectivity index (χ1) is 6.45. The molecule has 3 rings (SSSR count). The van der Waals surface area contributed by atoms with E-state index in [0.29, 0.717) is 0 Å². The number of hydrogen-bond acceptors (Lipinski definition) is 4. The summed E-state index contributed by atoms with van der Waals surface area (Å²) in [4.78, 5) is 6.40. The van der Waals surface area contributed by atoms with Crippen LogP contribution in [0.5, 0.6) is 0 Å². The Morgan fingerprint density at radius 3 is 3.23 bits per heavy atom. The molecular formula is C9H8N4. The normalized spacial score (nSPS) is 17.5. The van der Waals surface area contributed by atoms with Crippen LogP contribution in [0.25, 0.3) is 0 Å². The maximum absolute atomic E-state index is 4.30. The van der Waals surface area contributed by atoms with E-state index >= 15 is 0 Å². The van der Waals surface area contributed by atoms with E-state index in [1.54, 1.807) is 6.21 Å². The summed E-state index contributed by atoms with van der Waals surface area (Å²) < 4.78 is 0. The average molecular weight is 172 g/mol. The number of anilines is 1. The summed E-state index contributed by atoms with van der Waals surface area (Å²) in [5.41, 5.74) is 5.05. The van der Waals surface area contributed by atoms with Crippen LogP contribution in [-0.4, -0.2) is 18.7 Å². The zero-order valence-electron chi connectivity index (χ0n) is 6.94. The first-order valence-electron chi connectivity index (χ1n) is 4.16. The van der Waals surface area contributed by atoms with Gasteiger partial charge in [0.05, 0.1) is 17.6 Å². The van der Waals surface area contributed by atoms with Gasteiger partial charge in [0.2, 0.25) is 0 Å². The Hall–Kier alpha value is -1.84. The molecule has 2 aliphatic heterocycles. The molecule has 64 valence electrons. The number of hydrazone groups is 1. The Kier molecular flexibility index (Phi) is 1.19. The predicted octanol–water partition coefficient (Wildman–Crippen LogP) is 1.08. The minimum atomic E-state index is 0.734. The molecule has 0 atom stereocenters. The van der Waals surface area contributed by atoms with E-state index in [-0.39, 0.29) is 0 Å². The first-order valence-corrected chi connectivity index (χ1v) is 4.16. The molecule has 0 bridgehead atoms. The lowest BCUT2D eigenvalue weighted by Gasteiger charge is -2.21. The summed E-state index contributed by atoms with van der Waals surface area (Å²) in [5, 5.41) is 4.10. The van der Waals surface area contributed by atoms with Crippen molar-refractivity contribution in [1.82, 2.24) is 5.43 Å². The van der Waals surface area contributed by atoms with Crippen molar-refractivity contribution in [2.24, 2.45) is 10.1 Å². The molecule has 13 heavy (non-hydrogen) atoms. The third-order valence-corrected chi connectivity index (χ3v) is 2.19. The van der Waals surface area contributed by atoms with E-state index in [4.69, 9.17) is 0 Å². The van der Waals surface area contributed by atoms with E-state index in [1.807, 2.05) is 24.3 Å². The van der Waals surface area contributed by atoms with Crippen LogP contribution in [0.3, 0.4) is 0 Å². The minimum Gasteiger partial charge on any atom is -0.302 e. The Balaban J connectivity index is 2.20. The lowest BCUT2D eigenvalue weighted by molar-refractivity contribution is 0.808. The molecule has 0 radical (unpaired) electrons. The van der Waals surface area contributed by atoms with Crippen LogP contribution in [0.1, 0.15) is 0 Å². The molecule has 0 saturated heterocycles. The summed E-state index contributed by atoms with van der Waals surface area (Å²) in [5.74, 6) is 0.888. The topological polar surface area (TPSA) is 40.0 Å². The van der Waals surface area contributed by atoms with Crippen LogP contribution in [0, 0.1) is 0 Å². The van der Waals surface area contributed by atoms with Crippen LogP contribution in [0.4, 0.5) is 11.4 Å². The number of fused-ring (bicyclic) bond motifs is 3. The van der Waals surface area contributed by atoms with Crippen LogP contribution >= 0.6 is 0 Å². The van der Waals surface area contributed by atoms with Gasteiger partial charge in [-0.2, -0.15) is 5.10 Å². The number of nitrogens with zero attached hydrogens (tertiary/aromatic N) is 3. The Morgan fingerprint density at radius 1 is 1.31 bits per heavy atom. The lowest BCUT2D eigenvalue weighted by atomic mass is 10.2. The molecule has 4 heteroatoms. The monoisotopic (exact) mass is 172 g/mol. The van der Waals surface area contributed by atoms with E-state index in [0.717, 1.165) is 23.9 Å². The summed E-state index contributed by atoms with van der Waals surface area (Å²) in [6.07, 6.45) is 1.78. The minimum absolute atomic E-state index is 0.734. The predicted molar refractivity (Wildman–Crippen MR) is 52.5 cm³/mol. The highest BCUT2D eigenvalue weighted by Crippen LogP contribution is 2.31. The summed E-state index contributed by atoms with van der Waals surface area (Å²) in [6, 6.07) is 8.05. The van der Waals surface area contributed by atoms with Crippen molar-refractivity contribution in [2.45, 2.75) is 0 Å². The molecular weight excluding hydrogens is 164 g/mol. The second-order valence-electron chi connectivity index (χ2n) is 2.96. The Bertz CT molecular complexity index is 408. The molecule has 4 nitrogen and oxygen atoms in total. The van der Waals surface area contributed by atoms with Crippen molar-refractivity contribution < 1.29 is 0 Å². The van der Waals surface area contributed by atoms with E-state index in [1.165, 1.54) is 0 Å². The summed E-state index contributed by atoms with van der Waals surface area (Å²) in [6.45, 7) is 0.734. The molecule has 0 aromatic heterocycles. The van der Waals surface area contributed by atoms with Gasteiger partial charge in [-0.05, 0) is 12.1 Å². The fourth-order valence-electron chi connectivity index (χ4n) is 1.56. The van der Waals surface area contributed by atoms with Gasteiger partial charge < -0.3 is 4.90 Å². The molecule has 2 heterocycles. The van der Waals surface area contributed by atoms with Gasteiger partial charge in [-0.1, -0.05) is 12.1 Å². The van der Waals surface area contributed by atoms with Gasteiger partial charge in [0, 0.05) is 0 Å². The van der Waals surface area contributed by atoms with E-state index < -0.39 is 0 Å². The smallest absolute Gasteiger partial charge is 0.173 e. The SMILES string of the molecule is C1=Nc2ccccc2N2CNN=C12. The van der Waals surface area contributed by atoms with Crippen LogP contribution in [0.15, 0.2) is 34.4 Å². The first kappa shape index (κ1) is 6.65. The molecule has 2 aliphatic rings. The largest absolute Gasteiger partial charge is 0.302 e. The number of benzene rings is 1. The fourth-order valence-corrected chi connectivity index (χ4v) is 1.56. The molecule has 0 fully saturated rings. The van der Waals surface area contributed by atoms with E-state index in [2.05, 4.69) is 20.4 Å². The van der Waals surface area contributed by atoms with E-state index in [9.17, 15) is 0 Å². The van der Waals surface area contributed by atoms with Crippen molar-refractivity contribution >= 4 is 23.4 Å². The number of rotatable bonds is 0. The van der Waals surface area contributed by atoms with Gasteiger partial charge in [0.25, 0.3) is 0 Å². The standard InChI is InChI=1S/C9H8N4/c1-2-4-8-7(3-1)10-5-9-12-11-6-13(8)9/h1-5,11H,6H2. The number of para-hydroxylation sites is 2. The van der Waals surface area contributed by atoms with Gasteiger partial charge in [-0.15, -0.1) is 0 Å². The maximum atomic E-state index is 4.30. The highest BCUT2D eigenvalue weighted by Gasteiger charge is 2.22. The molecule has 0 unspecified atom stereocenters. The summed E-state index contributed by atoms with van der Waals surface area (Å²) in [7, 11) is 0. The molecule has 1 N–H and O–H groups in total. The third kappa shape index (κ3) is 0.853. The van der Waals surface area contributed by atoms with Crippen molar-refractivity contribution in [3.63, 3.8) is 0 Å². The van der Waals surface area contributed by atoms with Gasteiger partial charge in [-0.25, -0.2) is 0 Å². The van der Waals surface area contributed by atoms with Gasteiger partial charge in [0.1, 0.15) is 6.67 Å².